The second kappa shape index (κ2) is 40.7. The molecule has 0 N–H and O–H groups in total. The maximum absolute atomic E-state index is 2.61. The number of unbranched alkanes of at least 4 members (excludes halogenated alkanes) is 20. The molecule has 0 bridgehead atoms. The second-order valence-corrected chi connectivity index (χ2v) is 42.3. The molecule has 2 aromatic rings. The van der Waals surface area contributed by atoms with Crippen molar-refractivity contribution < 1.29 is 0 Å². The van der Waals surface area contributed by atoms with Crippen molar-refractivity contribution in [2.45, 2.75) is 280 Å². The van der Waals surface area contributed by atoms with Crippen LogP contribution in [0.3, 0.4) is 0 Å². The molecule has 4 heteroatoms. The number of hydrogen-bond donors (Lipinski definition) is 0. The van der Waals surface area contributed by atoms with Gasteiger partial charge in [0.05, 0.1) is 0 Å². The molecule has 3 rings (SSSR count). The molecule has 1 aliphatic rings. The fraction of sp³-hybridized carbons (Fsp3) is 0.789. The Labute approximate surface area is 405 Å². The van der Waals surface area contributed by atoms with E-state index in [1.54, 1.807) is 59.2 Å². The Morgan fingerprint density at radius 3 is 0.836 bits per heavy atom. The first kappa shape index (κ1) is 59.5. The average Bonchev–Trinajstić information content (AvgIpc) is 3.52. The van der Waals surface area contributed by atoms with Crippen LogP contribution in [0.15, 0.2) is 36.4 Å². The number of hydrogen-bond acceptors (Lipinski definition) is 0. The van der Waals surface area contributed by atoms with Crippen LogP contribution in [0.25, 0.3) is 11.1 Å². The molecule has 0 nitrogen and oxygen atoms in total. The fourth-order valence-corrected chi connectivity index (χ4v) is 33.1. The predicted molar refractivity (Wildman–Crippen MR) is 299 cm³/mol. The average molecular weight is 1090 g/mol. The Hall–Kier alpha value is 0.471. The Morgan fingerprint density at radius 2 is 0.574 bits per heavy atom. The molecule has 0 fully saturated rings. The summed E-state index contributed by atoms with van der Waals surface area (Å²) in [5.74, 6) is 0. The van der Waals surface area contributed by atoms with Crippen LogP contribution in [0.5, 0.6) is 0 Å². The van der Waals surface area contributed by atoms with E-state index in [0.717, 1.165) is 20.5 Å². The van der Waals surface area contributed by atoms with Crippen LogP contribution in [0.1, 0.15) is 259 Å². The van der Waals surface area contributed by atoms with Gasteiger partial charge in [-0.2, -0.15) is 0 Å². The van der Waals surface area contributed by atoms with Crippen LogP contribution in [-0.4, -0.2) is 60.0 Å². The van der Waals surface area contributed by atoms with Crippen molar-refractivity contribution in [2.24, 2.45) is 0 Å². The third kappa shape index (κ3) is 26.4. The summed E-state index contributed by atoms with van der Waals surface area (Å²) in [7, 11) is 2.30. The molecule has 0 saturated heterocycles. The van der Waals surface area contributed by atoms with Gasteiger partial charge in [-0.3, -0.25) is 0 Å². The standard InChI is InChI=1S/C33H54Si2.6C4H9.2Sn.2H/c1-3-5-7-9-11-13-15-17-23-33(24-18-16-14-12-10-8-6-4-2)31-25-27(34)19-21-29(31)30-22-20-28(35)26-32(30)33;6*1-3-4-2;;;;/h19-22,25-26H,3-18,23-24H2,1-2,34-35H3;6*1,3-4H2,2H3;;;;. The van der Waals surface area contributed by atoms with Gasteiger partial charge >= 0.3 is 185 Å². The molecular formula is C57H110Si2Sn2. The minimum atomic E-state index is -0.967. The molecule has 2 aromatic carbocycles. The maximum atomic E-state index is 2.61. The van der Waals surface area contributed by atoms with Gasteiger partial charge in [0, 0.05) is 25.9 Å². The number of rotatable bonds is 36. The summed E-state index contributed by atoms with van der Waals surface area (Å²) in [6.45, 7) is 18.6. The van der Waals surface area contributed by atoms with Crippen molar-refractivity contribution in [3.63, 3.8) is 0 Å². The van der Waals surface area contributed by atoms with Gasteiger partial charge in [0.25, 0.3) is 0 Å². The van der Waals surface area contributed by atoms with Crippen molar-refractivity contribution in [3.05, 3.63) is 47.5 Å². The van der Waals surface area contributed by atoms with Gasteiger partial charge in [-0.05, 0) is 35.1 Å². The van der Waals surface area contributed by atoms with Crippen molar-refractivity contribution >= 4 is 70.4 Å². The van der Waals surface area contributed by atoms with E-state index in [1.165, 1.54) is 193 Å². The molecule has 0 radical (unpaired) electrons. The van der Waals surface area contributed by atoms with E-state index >= 15 is 0 Å². The van der Waals surface area contributed by atoms with Gasteiger partial charge in [-0.25, -0.2) is 0 Å². The first-order valence-electron chi connectivity index (χ1n) is 28.0. The monoisotopic (exact) mass is 1090 g/mol. The zero-order valence-electron chi connectivity index (χ0n) is 43.6. The van der Waals surface area contributed by atoms with Crippen LogP contribution in [0.2, 0.25) is 26.6 Å². The van der Waals surface area contributed by atoms with Gasteiger partial charge < -0.3 is 0 Å². The molecule has 61 heavy (non-hydrogen) atoms. The summed E-state index contributed by atoms with van der Waals surface area (Å²) >= 11 is -1.93. The van der Waals surface area contributed by atoms with Gasteiger partial charge in [0.1, 0.15) is 0 Å². The van der Waals surface area contributed by atoms with Crippen molar-refractivity contribution in [1.29, 1.82) is 0 Å². The first-order chi connectivity index (χ1) is 29.8. The second-order valence-electron chi connectivity index (χ2n) is 20.2. The van der Waals surface area contributed by atoms with Crippen LogP contribution in [0, 0.1) is 0 Å². The van der Waals surface area contributed by atoms with Crippen LogP contribution < -0.4 is 10.4 Å². The summed E-state index contributed by atoms with van der Waals surface area (Å²) in [4.78, 5) is 0. The summed E-state index contributed by atoms with van der Waals surface area (Å²) in [6.07, 6.45) is 43.1. The zero-order chi connectivity index (χ0) is 44.8. The Bertz CT molecular complexity index is 1140. The topological polar surface area (TPSA) is 0 Å². The van der Waals surface area contributed by atoms with Crippen LogP contribution in [-0.2, 0) is 5.41 Å². The van der Waals surface area contributed by atoms with Crippen molar-refractivity contribution in [3.8, 4) is 11.1 Å². The van der Waals surface area contributed by atoms with Gasteiger partial charge in [0.2, 0.25) is 0 Å². The molecule has 0 spiro atoms. The van der Waals surface area contributed by atoms with Crippen molar-refractivity contribution in [1.82, 2.24) is 0 Å². The minimum absolute atomic E-state index is 0.274. The van der Waals surface area contributed by atoms with E-state index in [9.17, 15) is 0 Å². The SMILES string of the molecule is CCCCCCCCCCC1(CCCCCCCCCC)c2cc([SiH3])ccc2-c2ccc([SiH3])cc21.CCC[CH2][SnH]([CH2]CCC)[CH2]CCC.CCC[CH2][SnH]([CH2]CCC)[CH2]CCC. The molecule has 0 saturated carbocycles. The quantitative estimate of drug-likeness (QED) is 0.0471. The zero-order valence-corrected chi connectivity index (χ0v) is 54.2. The summed E-state index contributed by atoms with van der Waals surface area (Å²) < 4.78 is 10.2. The summed E-state index contributed by atoms with van der Waals surface area (Å²) in [5, 5.41) is 3.14. The van der Waals surface area contributed by atoms with E-state index in [4.69, 9.17) is 0 Å². The van der Waals surface area contributed by atoms with E-state index in [2.05, 4.69) is 91.8 Å². The van der Waals surface area contributed by atoms with Gasteiger partial charge in [-0.15, -0.1) is 0 Å². The van der Waals surface area contributed by atoms with Gasteiger partial charge in [0.15, 0.2) is 0 Å². The van der Waals surface area contributed by atoms with Crippen LogP contribution in [0.4, 0.5) is 0 Å². The first-order valence-corrected chi connectivity index (χ1v) is 44.0. The molecule has 0 heterocycles. The third-order valence-corrected chi connectivity index (χ3v) is 36.6. The number of benzene rings is 2. The molecule has 354 valence electrons. The molecule has 1 aliphatic carbocycles. The predicted octanol–water partition coefficient (Wildman–Crippen LogP) is 16.2. The Kier molecular flexibility index (Phi) is 39.7. The van der Waals surface area contributed by atoms with E-state index in [1.807, 2.05) is 0 Å². The summed E-state index contributed by atoms with van der Waals surface area (Å²) in [6, 6.07) is 14.9. The van der Waals surface area contributed by atoms with E-state index < -0.39 is 39.5 Å². The Balaban J connectivity index is 0.000000587. The molecule has 0 amide bonds. The van der Waals surface area contributed by atoms with E-state index in [-0.39, 0.29) is 5.41 Å². The summed E-state index contributed by atoms with van der Waals surface area (Å²) in [5.41, 5.74) is 6.77. The Morgan fingerprint density at radius 1 is 0.328 bits per heavy atom. The molecule has 0 atom stereocenters. The van der Waals surface area contributed by atoms with Crippen molar-refractivity contribution in [2.75, 3.05) is 0 Å². The molecule has 0 aliphatic heterocycles. The molecule has 0 unspecified atom stereocenters. The molecule has 0 aromatic heterocycles. The fourth-order valence-electron chi connectivity index (χ4n) is 10.3. The van der Waals surface area contributed by atoms with Gasteiger partial charge in [-0.1, -0.05) is 163 Å². The third-order valence-electron chi connectivity index (χ3n) is 14.4. The van der Waals surface area contributed by atoms with Crippen LogP contribution >= 0.6 is 0 Å². The number of fused-ring (bicyclic) bond motifs is 3. The van der Waals surface area contributed by atoms with E-state index in [0.29, 0.717) is 0 Å². The normalized spacial score (nSPS) is 12.7. The molecular weight excluding hydrogens is 978 g/mol.